The Hall–Kier alpha value is -1.42. The molecule has 0 aromatic heterocycles. The van der Waals surface area contributed by atoms with Gasteiger partial charge < -0.3 is 10.2 Å². The highest BCUT2D eigenvalue weighted by Crippen LogP contribution is 2.14. The minimum atomic E-state index is -0.220. The Bertz CT molecular complexity index is 413. The number of halogens is 1. The van der Waals surface area contributed by atoms with E-state index in [0.29, 0.717) is 6.54 Å². The normalized spacial score (nSPS) is 16.3. The van der Waals surface area contributed by atoms with Gasteiger partial charge >= 0.3 is 0 Å². The first kappa shape index (κ1) is 14.0. The fraction of sp³-hybridized carbons (Fsp3) is 0.533. The van der Waals surface area contributed by atoms with Gasteiger partial charge in [0.15, 0.2) is 0 Å². The van der Waals surface area contributed by atoms with Gasteiger partial charge in [0.2, 0.25) is 5.91 Å². The van der Waals surface area contributed by atoms with E-state index in [1.165, 1.54) is 12.1 Å². The number of nitrogens with one attached hydrogen (secondary N) is 1. The van der Waals surface area contributed by atoms with Crippen molar-refractivity contribution >= 4 is 5.91 Å². The van der Waals surface area contributed by atoms with E-state index in [9.17, 15) is 9.18 Å². The minimum absolute atomic E-state index is 0.166. The zero-order chi connectivity index (χ0) is 13.7. The smallest absolute Gasteiger partial charge is 0.225 e. The van der Waals surface area contributed by atoms with Gasteiger partial charge in [-0.15, -0.1) is 0 Å². The fourth-order valence-corrected chi connectivity index (χ4v) is 2.44. The van der Waals surface area contributed by atoms with Gasteiger partial charge in [0.1, 0.15) is 5.82 Å². The van der Waals surface area contributed by atoms with E-state index in [-0.39, 0.29) is 17.6 Å². The van der Waals surface area contributed by atoms with Gasteiger partial charge in [-0.05, 0) is 50.0 Å². The molecule has 0 saturated carbocycles. The van der Waals surface area contributed by atoms with Gasteiger partial charge in [0.25, 0.3) is 0 Å². The van der Waals surface area contributed by atoms with Crippen LogP contribution in [0, 0.1) is 11.7 Å². The van der Waals surface area contributed by atoms with Crippen molar-refractivity contribution in [2.24, 2.45) is 5.92 Å². The van der Waals surface area contributed by atoms with Gasteiger partial charge in [-0.1, -0.05) is 12.1 Å². The van der Waals surface area contributed by atoms with Crippen molar-refractivity contribution in [1.29, 1.82) is 0 Å². The first-order valence-electron chi connectivity index (χ1n) is 6.87. The van der Waals surface area contributed by atoms with Gasteiger partial charge in [0, 0.05) is 19.5 Å². The Morgan fingerprint density at radius 3 is 2.58 bits per heavy atom. The van der Waals surface area contributed by atoms with Crippen molar-refractivity contribution in [3.63, 3.8) is 0 Å². The molecule has 1 aromatic carbocycles. The maximum atomic E-state index is 12.8. The van der Waals surface area contributed by atoms with E-state index in [0.717, 1.165) is 37.9 Å². The van der Waals surface area contributed by atoms with E-state index >= 15 is 0 Å². The maximum Gasteiger partial charge on any atom is 0.225 e. The second-order valence-electron chi connectivity index (χ2n) is 5.16. The quantitative estimate of drug-likeness (QED) is 0.900. The molecule has 1 saturated heterocycles. The van der Waals surface area contributed by atoms with Gasteiger partial charge in [-0.2, -0.15) is 0 Å². The summed E-state index contributed by atoms with van der Waals surface area (Å²) < 4.78 is 12.8. The van der Waals surface area contributed by atoms with Crippen LogP contribution in [0.3, 0.4) is 0 Å². The Labute approximate surface area is 113 Å². The molecular formula is C15H21FN2O. The lowest BCUT2D eigenvalue weighted by Gasteiger charge is -2.27. The van der Waals surface area contributed by atoms with Crippen molar-refractivity contribution in [3.8, 4) is 0 Å². The van der Waals surface area contributed by atoms with Crippen molar-refractivity contribution < 1.29 is 9.18 Å². The summed E-state index contributed by atoms with van der Waals surface area (Å²) in [4.78, 5) is 14.0. The molecule has 1 amide bonds. The van der Waals surface area contributed by atoms with E-state index in [1.54, 1.807) is 17.0 Å². The molecule has 0 spiro atoms. The molecule has 1 aliphatic rings. The van der Waals surface area contributed by atoms with Crippen LogP contribution in [0.5, 0.6) is 0 Å². The molecule has 1 fully saturated rings. The first-order valence-corrected chi connectivity index (χ1v) is 6.87. The zero-order valence-corrected chi connectivity index (χ0v) is 11.4. The largest absolute Gasteiger partial charge is 0.345 e. The Balaban J connectivity index is 1.81. The average molecular weight is 264 g/mol. The van der Waals surface area contributed by atoms with Crippen molar-refractivity contribution in [2.45, 2.75) is 19.3 Å². The van der Waals surface area contributed by atoms with E-state index in [4.69, 9.17) is 0 Å². The summed E-state index contributed by atoms with van der Waals surface area (Å²) in [6.45, 7) is 2.55. The zero-order valence-electron chi connectivity index (χ0n) is 11.4. The molecule has 0 bridgehead atoms. The van der Waals surface area contributed by atoms with Crippen molar-refractivity contribution in [2.75, 3.05) is 26.7 Å². The summed E-state index contributed by atoms with van der Waals surface area (Å²) in [5.74, 6) is 0.186. The number of hydrogen-bond donors (Lipinski definition) is 1. The number of rotatable bonds is 4. The minimum Gasteiger partial charge on any atom is -0.345 e. The van der Waals surface area contributed by atoms with Crippen LogP contribution >= 0.6 is 0 Å². The van der Waals surface area contributed by atoms with E-state index in [2.05, 4.69) is 5.32 Å². The van der Waals surface area contributed by atoms with Gasteiger partial charge in [-0.3, -0.25) is 4.79 Å². The van der Waals surface area contributed by atoms with Crippen LogP contribution < -0.4 is 5.32 Å². The van der Waals surface area contributed by atoms with Crippen molar-refractivity contribution in [1.82, 2.24) is 10.2 Å². The fourth-order valence-electron chi connectivity index (χ4n) is 2.44. The summed E-state index contributed by atoms with van der Waals surface area (Å²) in [5.41, 5.74) is 1.06. The Morgan fingerprint density at radius 1 is 1.32 bits per heavy atom. The molecule has 3 nitrogen and oxygen atoms in total. The second-order valence-corrected chi connectivity index (χ2v) is 5.16. The third-order valence-electron chi connectivity index (χ3n) is 3.71. The van der Waals surface area contributed by atoms with Crippen LogP contribution in [0.1, 0.15) is 18.4 Å². The molecule has 4 heteroatoms. The standard InChI is InChI=1S/C15H21FN2O/c1-18(15(19)13-6-9-17-10-7-13)11-8-12-2-4-14(16)5-3-12/h2-5,13,17H,6-11H2,1H3. The van der Waals surface area contributed by atoms with Crippen molar-refractivity contribution in [3.05, 3.63) is 35.6 Å². The Morgan fingerprint density at radius 2 is 1.95 bits per heavy atom. The lowest BCUT2D eigenvalue weighted by atomic mass is 9.96. The number of amides is 1. The summed E-state index contributed by atoms with van der Waals surface area (Å²) in [5, 5.41) is 3.27. The average Bonchev–Trinajstić information content (AvgIpc) is 2.46. The van der Waals surface area contributed by atoms with Crippen LogP contribution in [-0.2, 0) is 11.2 Å². The third kappa shape index (κ3) is 4.03. The summed E-state index contributed by atoms with van der Waals surface area (Å²) in [7, 11) is 1.86. The maximum absolute atomic E-state index is 12.8. The molecule has 1 aliphatic heterocycles. The lowest BCUT2D eigenvalue weighted by Crippen LogP contribution is -2.39. The van der Waals surface area contributed by atoms with Crippen LogP contribution in [0.25, 0.3) is 0 Å². The molecule has 1 heterocycles. The highest BCUT2D eigenvalue weighted by atomic mass is 19.1. The second kappa shape index (κ2) is 6.66. The monoisotopic (exact) mass is 264 g/mol. The first-order chi connectivity index (χ1) is 9.16. The third-order valence-corrected chi connectivity index (χ3v) is 3.71. The molecule has 19 heavy (non-hydrogen) atoms. The summed E-state index contributed by atoms with van der Waals surface area (Å²) in [6.07, 6.45) is 2.63. The highest BCUT2D eigenvalue weighted by molar-refractivity contribution is 5.78. The van der Waals surface area contributed by atoms with E-state index < -0.39 is 0 Å². The predicted octanol–water partition coefficient (Wildman–Crippen LogP) is 1.83. The molecule has 2 rings (SSSR count). The van der Waals surface area contributed by atoms with Gasteiger partial charge in [-0.25, -0.2) is 4.39 Å². The van der Waals surface area contributed by atoms with Gasteiger partial charge in [0.05, 0.1) is 0 Å². The molecule has 104 valence electrons. The molecule has 1 N–H and O–H groups in total. The van der Waals surface area contributed by atoms with Crippen LogP contribution in [0.4, 0.5) is 4.39 Å². The van der Waals surface area contributed by atoms with Crippen LogP contribution in [0.2, 0.25) is 0 Å². The predicted molar refractivity (Wildman–Crippen MR) is 73.3 cm³/mol. The number of piperidine rings is 1. The molecule has 0 unspecified atom stereocenters. The lowest BCUT2D eigenvalue weighted by molar-refractivity contribution is -0.134. The van der Waals surface area contributed by atoms with Crippen LogP contribution in [-0.4, -0.2) is 37.5 Å². The highest BCUT2D eigenvalue weighted by Gasteiger charge is 2.23. The molecule has 0 atom stereocenters. The number of likely N-dealkylation sites (N-methyl/N-ethyl adjacent to an activating group) is 1. The number of carbonyl (C=O) groups excluding carboxylic acids is 1. The summed E-state index contributed by atoms with van der Waals surface area (Å²) >= 11 is 0. The number of hydrogen-bond acceptors (Lipinski definition) is 2. The Kier molecular flexibility index (Phi) is 4.91. The summed E-state index contributed by atoms with van der Waals surface area (Å²) in [6, 6.07) is 6.48. The molecular weight excluding hydrogens is 243 g/mol. The van der Waals surface area contributed by atoms with E-state index in [1.807, 2.05) is 7.05 Å². The molecule has 0 aliphatic carbocycles. The topological polar surface area (TPSA) is 32.3 Å². The number of nitrogens with zero attached hydrogens (tertiary/aromatic N) is 1. The molecule has 0 radical (unpaired) electrons. The molecule has 1 aromatic rings. The number of benzene rings is 1. The SMILES string of the molecule is CN(CCc1ccc(F)cc1)C(=O)C1CCNCC1. The number of carbonyl (C=O) groups is 1. The van der Waals surface area contributed by atoms with Crippen LogP contribution in [0.15, 0.2) is 24.3 Å².